The molecule has 0 saturated carbocycles. The molecule has 106 valence electrons. The van der Waals surface area contributed by atoms with Gasteiger partial charge in [-0.2, -0.15) is 10.2 Å². The lowest BCUT2D eigenvalue weighted by atomic mass is 9.76. The zero-order chi connectivity index (χ0) is 14.3. The van der Waals surface area contributed by atoms with Crippen molar-refractivity contribution in [1.82, 2.24) is 10.2 Å². The van der Waals surface area contributed by atoms with Crippen LogP contribution in [0.5, 0.6) is 0 Å². The molecule has 2 aromatic rings. The quantitative estimate of drug-likeness (QED) is 0.863. The van der Waals surface area contributed by atoms with E-state index in [0.717, 1.165) is 24.8 Å². The molecule has 2 aliphatic rings. The third-order valence-corrected chi connectivity index (χ3v) is 4.37. The van der Waals surface area contributed by atoms with Crippen LogP contribution in [0.4, 0.5) is 0 Å². The number of aromatic nitrogens is 2. The largest absolute Gasteiger partial charge is 0.463 e. The highest BCUT2D eigenvalue weighted by atomic mass is 16.5. The van der Waals surface area contributed by atoms with Gasteiger partial charge in [-0.3, -0.25) is 0 Å². The molecule has 0 saturated heterocycles. The Kier molecular flexibility index (Phi) is 2.67. The summed E-state index contributed by atoms with van der Waals surface area (Å²) in [5.74, 6) is 0. The van der Waals surface area contributed by atoms with Crippen LogP contribution in [0.2, 0.25) is 0 Å². The predicted molar refractivity (Wildman–Crippen MR) is 79.8 cm³/mol. The van der Waals surface area contributed by atoms with Crippen LogP contribution in [-0.4, -0.2) is 28.4 Å². The molecule has 5 nitrogen and oxygen atoms in total. The number of nitrogens with two attached hydrogens (primary N) is 1. The first-order valence-corrected chi connectivity index (χ1v) is 7.12. The Labute approximate surface area is 122 Å². The van der Waals surface area contributed by atoms with Gasteiger partial charge in [0.15, 0.2) is 0 Å². The van der Waals surface area contributed by atoms with Gasteiger partial charge in [0.25, 0.3) is 6.02 Å². The molecule has 1 spiro atoms. The number of rotatable bonds is 1. The maximum Gasteiger partial charge on any atom is 0.282 e. The van der Waals surface area contributed by atoms with E-state index >= 15 is 0 Å². The van der Waals surface area contributed by atoms with Crippen LogP contribution in [0.25, 0.3) is 11.1 Å². The molecule has 0 amide bonds. The van der Waals surface area contributed by atoms with Crippen LogP contribution >= 0.6 is 0 Å². The number of benzene rings is 1. The predicted octanol–water partition coefficient (Wildman–Crippen LogP) is 1.72. The molecule has 0 radical (unpaired) electrons. The number of nitrogens with zero attached hydrogens (tertiary/aromatic N) is 3. The lowest BCUT2D eigenvalue weighted by molar-refractivity contribution is 0.235. The summed E-state index contributed by atoms with van der Waals surface area (Å²) in [5.41, 5.74) is 10.6. The zero-order valence-corrected chi connectivity index (χ0v) is 11.6. The SMILES string of the molecule is NC1=NC2(CCc3cccc(-c4ccnnc4)c3C2)CO1. The van der Waals surface area contributed by atoms with Crippen LogP contribution in [0, 0.1) is 0 Å². The second-order valence-electron chi connectivity index (χ2n) is 5.71. The highest BCUT2D eigenvalue weighted by Gasteiger charge is 2.40. The standard InChI is InChI=1S/C16H16N4O/c17-15-20-16(10-21-15)6-4-11-2-1-3-13(14(11)8-16)12-5-7-18-19-9-12/h1-3,5,7,9H,4,6,8,10H2,(H2,17,20). The fourth-order valence-electron chi connectivity index (χ4n) is 3.31. The normalized spacial score (nSPS) is 23.5. The molecule has 1 unspecified atom stereocenters. The Hall–Kier alpha value is -2.43. The molecular weight excluding hydrogens is 264 g/mol. The van der Waals surface area contributed by atoms with Crippen LogP contribution in [0.1, 0.15) is 17.5 Å². The van der Waals surface area contributed by atoms with E-state index in [-0.39, 0.29) is 5.54 Å². The molecule has 1 atom stereocenters. The summed E-state index contributed by atoms with van der Waals surface area (Å²) in [5, 5.41) is 7.84. The molecule has 2 heterocycles. The number of aryl methyl sites for hydroxylation is 1. The summed E-state index contributed by atoms with van der Waals surface area (Å²) >= 11 is 0. The Morgan fingerprint density at radius 3 is 2.90 bits per heavy atom. The van der Waals surface area contributed by atoms with Gasteiger partial charge in [-0.1, -0.05) is 18.2 Å². The number of hydrogen-bond acceptors (Lipinski definition) is 5. The smallest absolute Gasteiger partial charge is 0.282 e. The van der Waals surface area contributed by atoms with Gasteiger partial charge in [0.2, 0.25) is 0 Å². The second-order valence-corrected chi connectivity index (χ2v) is 5.71. The topological polar surface area (TPSA) is 73.4 Å². The van der Waals surface area contributed by atoms with E-state index in [9.17, 15) is 0 Å². The van der Waals surface area contributed by atoms with Crippen LogP contribution < -0.4 is 5.73 Å². The fourth-order valence-corrected chi connectivity index (χ4v) is 3.31. The van der Waals surface area contributed by atoms with Gasteiger partial charge in [0.05, 0.1) is 12.4 Å². The van der Waals surface area contributed by atoms with E-state index in [1.807, 2.05) is 6.07 Å². The first-order chi connectivity index (χ1) is 10.3. The van der Waals surface area contributed by atoms with Crippen molar-refractivity contribution in [3.8, 4) is 11.1 Å². The summed E-state index contributed by atoms with van der Waals surface area (Å²) in [6.45, 7) is 0.585. The number of amidine groups is 1. The van der Waals surface area contributed by atoms with Gasteiger partial charge in [-0.25, -0.2) is 4.99 Å². The molecule has 0 bridgehead atoms. The Morgan fingerprint density at radius 1 is 1.19 bits per heavy atom. The number of hydrogen-bond donors (Lipinski definition) is 1. The van der Waals surface area contributed by atoms with E-state index in [1.165, 1.54) is 16.7 Å². The highest BCUT2D eigenvalue weighted by Crippen LogP contribution is 2.38. The first kappa shape index (κ1) is 12.3. The number of aliphatic imine (C=N–C) groups is 1. The van der Waals surface area contributed by atoms with Crippen molar-refractivity contribution in [2.45, 2.75) is 24.8 Å². The summed E-state index contributed by atoms with van der Waals surface area (Å²) in [6, 6.07) is 8.75. The average Bonchev–Trinajstić information content (AvgIpc) is 2.88. The zero-order valence-electron chi connectivity index (χ0n) is 11.6. The summed E-state index contributed by atoms with van der Waals surface area (Å²) in [6.07, 6.45) is 6.38. The van der Waals surface area contributed by atoms with Gasteiger partial charge < -0.3 is 10.5 Å². The Bertz CT molecular complexity index is 713. The van der Waals surface area contributed by atoms with Crippen molar-refractivity contribution < 1.29 is 4.74 Å². The third-order valence-electron chi connectivity index (χ3n) is 4.37. The maximum atomic E-state index is 5.72. The minimum atomic E-state index is -0.187. The highest BCUT2D eigenvalue weighted by molar-refractivity contribution is 5.74. The minimum absolute atomic E-state index is 0.187. The molecule has 5 heteroatoms. The van der Waals surface area contributed by atoms with E-state index in [4.69, 9.17) is 10.5 Å². The Morgan fingerprint density at radius 2 is 2.14 bits per heavy atom. The van der Waals surface area contributed by atoms with E-state index < -0.39 is 0 Å². The van der Waals surface area contributed by atoms with Crippen molar-refractivity contribution in [1.29, 1.82) is 0 Å². The molecule has 1 aliphatic carbocycles. The van der Waals surface area contributed by atoms with Gasteiger partial charge in [0.1, 0.15) is 12.1 Å². The van der Waals surface area contributed by atoms with Crippen LogP contribution in [-0.2, 0) is 17.6 Å². The lowest BCUT2D eigenvalue weighted by Crippen LogP contribution is -2.35. The number of fused-ring (bicyclic) bond motifs is 1. The molecule has 0 fully saturated rings. The summed E-state index contributed by atoms with van der Waals surface area (Å²) in [7, 11) is 0. The molecule has 1 aromatic carbocycles. The molecule has 2 N–H and O–H groups in total. The minimum Gasteiger partial charge on any atom is -0.463 e. The number of ether oxygens (including phenoxy) is 1. The van der Waals surface area contributed by atoms with E-state index in [0.29, 0.717) is 12.6 Å². The van der Waals surface area contributed by atoms with Crippen molar-refractivity contribution in [3.63, 3.8) is 0 Å². The Balaban J connectivity index is 1.80. The third kappa shape index (κ3) is 2.05. The first-order valence-electron chi connectivity index (χ1n) is 7.12. The fraction of sp³-hybridized carbons (Fsp3) is 0.312. The average molecular weight is 280 g/mol. The molecular formula is C16H16N4O. The van der Waals surface area contributed by atoms with Gasteiger partial charge in [-0.05, 0) is 35.6 Å². The second kappa shape index (κ2) is 4.55. The van der Waals surface area contributed by atoms with Crippen molar-refractivity contribution in [3.05, 3.63) is 47.8 Å². The van der Waals surface area contributed by atoms with Gasteiger partial charge in [0, 0.05) is 12.0 Å². The molecule has 1 aromatic heterocycles. The van der Waals surface area contributed by atoms with Crippen molar-refractivity contribution in [2.24, 2.45) is 10.7 Å². The van der Waals surface area contributed by atoms with Crippen LogP contribution in [0.3, 0.4) is 0 Å². The molecule has 4 rings (SSSR count). The van der Waals surface area contributed by atoms with Crippen molar-refractivity contribution >= 4 is 6.02 Å². The van der Waals surface area contributed by atoms with Gasteiger partial charge >= 0.3 is 0 Å². The monoisotopic (exact) mass is 280 g/mol. The maximum absolute atomic E-state index is 5.72. The summed E-state index contributed by atoms with van der Waals surface area (Å²) < 4.78 is 5.41. The lowest BCUT2D eigenvalue weighted by Gasteiger charge is -2.31. The van der Waals surface area contributed by atoms with E-state index in [1.54, 1.807) is 12.4 Å². The summed E-state index contributed by atoms with van der Waals surface area (Å²) in [4.78, 5) is 4.56. The van der Waals surface area contributed by atoms with Gasteiger partial charge in [-0.15, -0.1) is 0 Å². The van der Waals surface area contributed by atoms with E-state index in [2.05, 4.69) is 33.4 Å². The molecule has 21 heavy (non-hydrogen) atoms. The van der Waals surface area contributed by atoms with Crippen LogP contribution in [0.15, 0.2) is 41.7 Å². The van der Waals surface area contributed by atoms with Crippen molar-refractivity contribution in [2.75, 3.05) is 6.61 Å². The molecule has 1 aliphatic heterocycles.